The summed E-state index contributed by atoms with van der Waals surface area (Å²) in [6.45, 7) is 5.02. The summed E-state index contributed by atoms with van der Waals surface area (Å²) in [5.74, 6) is 0.564. The van der Waals surface area contributed by atoms with E-state index in [0.717, 1.165) is 10.9 Å². The molecule has 0 bridgehead atoms. The normalized spacial score (nSPS) is 13.1. The van der Waals surface area contributed by atoms with Crippen LogP contribution in [0.2, 0.25) is 0 Å². The highest BCUT2D eigenvalue weighted by Crippen LogP contribution is 2.30. The molecule has 1 aliphatic carbocycles. The monoisotopic (exact) mass is 484 g/mol. The van der Waals surface area contributed by atoms with E-state index in [0.29, 0.717) is 23.4 Å². The van der Waals surface area contributed by atoms with Crippen LogP contribution in [0, 0.1) is 0 Å². The molecule has 4 aromatic rings. The summed E-state index contributed by atoms with van der Waals surface area (Å²) in [6.07, 6.45) is 5.59. The van der Waals surface area contributed by atoms with Crippen molar-refractivity contribution < 1.29 is 9.84 Å². The Bertz CT molecular complexity index is 1330. The molecule has 188 valence electrons. The Morgan fingerprint density at radius 1 is 0.944 bits per heavy atom. The molecule has 1 aromatic heterocycles. The third kappa shape index (κ3) is 5.86. The average Bonchev–Trinajstić information content (AvgIpc) is 3.38. The second kappa shape index (κ2) is 12.0. The Labute approximate surface area is 213 Å². The molecule has 0 saturated carbocycles. The maximum absolute atomic E-state index is 11.7. The predicted octanol–water partition coefficient (Wildman–Crippen LogP) is 5.40. The maximum Gasteiger partial charge on any atom is 0.248 e. The number of benzene rings is 3. The van der Waals surface area contributed by atoms with Crippen LogP contribution in [0.3, 0.4) is 0 Å². The van der Waals surface area contributed by atoms with Crippen molar-refractivity contribution in [2.75, 3.05) is 6.54 Å². The number of pyridine rings is 1. The molecule has 3 aromatic carbocycles. The number of nitrogens with one attached hydrogen (secondary N) is 1. The topological polar surface area (TPSA) is 88.3 Å². The van der Waals surface area contributed by atoms with E-state index in [1.807, 2.05) is 30.3 Å². The molecule has 5 heteroatoms. The summed E-state index contributed by atoms with van der Waals surface area (Å²) in [6, 6.07) is 21.3. The van der Waals surface area contributed by atoms with Crippen LogP contribution in [-0.4, -0.2) is 16.6 Å². The zero-order chi connectivity index (χ0) is 25.5. The van der Waals surface area contributed by atoms with Gasteiger partial charge in [-0.3, -0.25) is 4.79 Å². The second-order valence-corrected chi connectivity index (χ2v) is 9.24. The fourth-order valence-electron chi connectivity index (χ4n) is 4.91. The molecule has 0 radical (unpaired) electrons. The fourth-order valence-corrected chi connectivity index (χ4v) is 4.91. The van der Waals surface area contributed by atoms with Crippen LogP contribution >= 0.6 is 0 Å². The van der Waals surface area contributed by atoms with Gasteiger partial charge in [-0.05, 0) is 77.6 Å². The van der Waals surface area contributed by atoms with Crippen molar-refractivity contribution in [2.24, 2.45) is 5.73 Å². The molecule has 5 rings (SSSR count). The number of H-pyrrole nitrogens is 1. The molecule has 1 atom stereocenters. The molecule has 5 nitrogen and oxygen atoms in total. The van der Waals surface area contributed by atoms with Crippen molar-refractivity contribution in [2.45, 2.75) is 58.7 Å². The predicted molar refractivity (Wildman–Crippen MR) is 147 cm³/mol. The van der Waals surface area contributed by atoms with Crippen LogP contribution in [0.4, 0.5) is 0 Å². The number of aliphatic hydroxyl groups excluding tert-OH is 1. The number of aromatic amines is 1. The molecular weight excluding hydrogens is 448 g/mol. The first kappa shape index (κ1) is 25.7. The van der Waals surface area contributed by atoms with Gasteiger partial charge in [-0.1, -0.05) is 62.4 Å². The zero-order valence-corrected chi connectivity index (χ0v) is 21.2. The van der Waals surface area contributed by atoms with E-state index in [2.05, 4.69) is 31.0 Å². The van der Waals surface area contributed by atoms with Gasteiger partial charge in [0.15, 0.2) is 0 Å². The molecule has 0 spiro atoms. The van der Waals surface area contributed by atoms with E-state index >= 15 is 0 Å². The number of nitrogens with two attached hydrogens (primary N) is 1. The number of aliphatic hydroxyl groups is 1. The number of aromatic nitrogens is 1. The van der Waals surface area contributed by atoms with Gasteiger partial charge in [0.2, 0.25) is 5.56 Å². The molecular formula is C31H36N2O3. The average molecular weight is 485 g/mol. The number of rotatable bonds is 7. The molecule has 0 fully saturated rings. The molecule has 0 amide bonds. The molecule has 1 unspecified atom stereocenters. The van der Waals surface area contributed by atoms with Gasteiger partial charge in [0, 0.05) is 18.0 Å². The lowest BCUT2D eigenvalue weighted by Gasteiger charge is -2.15. The highest BCUT2D eigenvalue weighted by Gasteiger charge is 2.14. The van der Waals surface area contributed by atoms with Crippen LogP contribution < -0.4 is 16.0 Å². The van der Waals surface area contributed by atoms with Crippen molar-refractivity contribution in [1.82, 2.24) is 4.98 Å². The summed E-state index contributed by atoms with van der Waals surface area (Å²) in [5.41, 5.74) is 14.0. The Morgan fingerprint density at radius 3 is 2.22 bits per heavy atom. The first-order chi connectivity index (χ1) is 17.5. The molecule has 36 heavy (non-hydrogen) atoms. The minimum atomic E-state index is -0.786. The largest absolute Gasteiger partial charge is 0.487 e. The lowest BCUT2D eigenvalue weighted by molar-refractivity contribution is 0.188. The van der Waals surface area contributed by atoms with Crippen LogP contribution in [0.15, 0.2) is 71.5 Å². The highest BCUT2D eigenvalue weighted by atomic mass is 16.5. The standard InChI is InChI=1S/C18H18N2O3.C13H18/c19-10-15(21)13-6-8-16(18-14(13)7-9-17(22)20-18)23-11-12-4-2-1-3-5-12;1-3-10-8-12-6-5-7-13(12)9-11(10)4-2/h1-9,15,21H,10-11,19H2,(H,20,22);8-9H,3-7H2,1-2H3. The third-order valence-corrected chi connectivity index (χ3v) is 6.89. The van der Waals surface area contributed by atoms with Gasteiger partial charge in [0.25, 0.3) is 0 Å². The van der Waals surface area contributed by atoms with Gasteiger partial charge in [-0.15, -0.1) is 0 Å². The second-order valence-electron chi connectivity index (χ2n) is 9.24. The first-order valence-electron chi connectivity index (χ1n) is 12.9. The van der Waals surface area contributed by atoms with Gasteiger partial charge in [0.1, 0.15) is 12.4 Å². The SMILES string of the molecule is CCc1cc2c(cc1CC)CCC2.NCC(O)c1ccc(OCc2ccccc2)c2[nH]c(=O)ccc12. The van der Waals surface area contributed by atoms with Crippen LogP contribution in [0.5, 0.6) is 5.75 Å². The smallest absolute Gasteiger partial charge is 0.248 e. The Kier molecular flexibility index (Phi) is 8.57. The summed E-state index contributed by atoms with van der Waals surface area (Å²) in [4.78, 5) is 14.4. The zero-order valence-electron chi connectivity index (χ0n) is 21.2. The Balaban J connectivity index is 0.000000197. The van der Waals surface area contributed by atoms with E-state index in [9.17, 15) is 9.90 Å². The van der Waals surface area contributed by atoms with Gasteiger partial charge < -0.3 is 20.6 Å². The number of ether oxygens (including phenoxy) is 1. The maximum atomic E-state index is 11.7. The van der Waals surface area contributed by atoms with Gasteiger partial charge in [-0.2, -0.15) is 0 Å². The summed E-state index contributed by atoms with van der Waals surface area (Å²) in [5, 5.41) is 10.8. The summed E-state index contributed by atoms with van der Waals surface area (Å²) in [7, 11) is 0. The molecule has 4 N–H and O–H groups in total. The van der Waals surface area contributed by atoms with E-state index in [4.69, 9.17) is 10.5 Å². The van der Waals surface area contributed by atoms with Crippen molar-refractivity contribution in [1.29, 1.82) is 0 Å². The van der Waals surface area contributed by atoms with E-state index in [1.54, 1.807) is 40.5 Å². The van der Waals surface area contributed by atoms with E-state index < -0.39 is 6.10 Å². The van der Waals surface area contributed by atoms with Crippen molar-refractivity contribution in [3.8, 4) is 5.75 Å². The highest BCUT2D eigenvalue weighted by molar-refractivity contribution is 5.87. The van der Waals surface area contributed by atoms with Crippen LogP contribution in [0.1, 0.15) is 59.8 Å². The number of fused-ring (bicyclic) bond motifs is 2. The van der Waals surface area contributed by atoms with Crippen LogP contribution in [0.25, 0.3) is 10.9 Å². The van der Waals surface area contributed by atoms with Gasteiger partial charge >= 0.3 is 0 Å². The van der Waals surface area contributed by atoms with E-state index in [1.165, 1.54) is 38.2 Å². The van der Waals surface area contributed by atoms with Crippen molar-refractivity contribution in [3.63, 3.8) is 0 Å². The first-order valence-corrected chi connectivity index (χ1v) is 12.9. The van der Waals surface area contributed by atoms with Crippen molar-refractivity contribution in [3.05, 3.63) is 110 Å². The van der Waals surface area contributed by atoms with Gasteiger partial charge in [0.05, 0.1) is 11.6 Å². The molecule has 0 saturated heterocycles. The molecule has 0 aliphatic heterocycles. The Morgan fingerprint density at radius 2 is 1.61 bits per heavy atom. The van der Waals surface area contributed by atoms with E-state index in [-0.39, 0.29) is 12.1 Å². The lowest BCUT2D eigenvalue weighted by Crippen LogP contribution is -2.13. The number of hydrogen-bond acceptors (Lipinski definition) is 4. The minimum Gasteiger partial charge on any atom is -0.487 e. The quantitative estimate of drug-likeness (QED) is 0.328. The molecule has 1 heterocycles. The minimum absolute atomic E-state index is 0.110. The fraction of sp³-hybridized carbons (Fsp3) is 0.323. The number of aryl methyl sites for hydroxylation is 4. The van der Waals surface area contributed by atoms with Crippen molar-refractivity contribution >= 4 is 10.9 Å². The third-order valence-electron chi connectivity index (χ3n) is 6.89. The summed E-state index contributed by atoms with van der Waals surface area (Å²) >= 11 is 0. The van der Waals surface area contributed by atoms with Crippen LogP contribution in [-0.2, 0) is 32.3 Å². The van der Waals surface area contributed by atoms with Gasteiger partial charge in [-0.25, -0.2) is 0 Å². The Hall–Kier alpha value is -3.41. The summed E-state index contributed by atoms with van der Waals surface area (Å²) < 4.78 is 5.85. The molecule has 1 aliphatic rings. The lowest BCUT2D eigenvalue weighted by atomic mass is 9.97. The number of hydrogen-bond donors (Lipinski definition) is 3.